The maximum Gasteiger partial charge on any atom is 0.234 e. The van der Waals surface area contributed by atoms with E-state index in [0.29, 0.717) is 40.7 Å². The van der Waals surface area contributed by atoms with Gasteiger partial charge in [-0.2, -0.15) is 15.0 Å². The lowest BCUT2D eigenvalue weighted by molar-refractivity contribution is 0.219. The lowest BCUT2D eigenvalue weighted by Gasteiger charge is -2.40. The van der Waals surface area contributed by atoms with E-state index >= 15 is 0 Å². The maximum absolute atomic E-state index is 10.6. The molecule has 30 heavy (non-hydrogen) atoms. The first-order valence-corrected chi connectivity index (χ1v) is 10.5. The summed E-state index contributed by atoms with van der Waals surface area (Å²) in [6, 6.07) is 8.71. The molecule has 5 heterocycles. The van der Waals surface area contributed by atoms with Crippen molar-refractivity contribution in [1.82, 2.24) is 34.7 Å². The molecule has 3 aromatic heterocycles. The van der Waals surface area contributed by atoms with Crippen LogP contribution in [-0.4, -0.2) is 46.6 Å². The number of phenols is 1. The van der Waals surface area contributed by atoms with Gasteiger partial charge in [-0.1, -0.05) is 6.42 Å². The monoisotopic (exact) mass is 401 g/mol. The maximum atomic E-state index is 10.6. The first-order valence-electron chi connectivity index (χ1n) is 10.5. The van der Waals surface area contributed by atoms with Gasteiger partial charge in [0.15, 0.2) is 0 Å². The predicted molar refractivity (Wildman–Crippen MR) is 112 cm³/mol. The Balaban J connectivity index is 1.31. The Labute approximate surface area is 173 Å². The molecule has 0 spiro atoms. The van der Waals surface area contributed by atoms with Crippen molar-refractivity contribution in [3.63, 3.8) is 0 Å². The van der Waals surface area contributed by atoms with E-state index in [1.165, 1.54) is 24.1 Å². The standard InChI is InChI=1S/C22H23N7O/c30-21-12-17(29-23-7-8-24-29)4-5-18(21)20-13-28-9-6-19(26-22(28)27-20)14-10-15-2-1-3-16(11-14)25-15/h4-9,12-16,25,30H,1-3,10-11H2. The van der Waals surface area contributed by atoms with Gasteiger partial charge in [0.1, 0.15) is 5.75 Å². The summed E-state index contributed by atoms with van der Waals surface area (Å²) >= 11 is 0. The number of rotatable bonds is 3. The minimum Gasteiger partial charge on any atom is -0.507 e. The summed E-state index contributed by atoms with van der Waals surface area (Å²) in [5, 5.41) is 22.5. The van der Waals surface area contributed by atoms with Crippen LogP contribution in [0.2, 0.25) is 0 Å². The molecule has 0 radical (unpaired) electrons. The summed E-state index contributed by atoms with van der Waals surface area (Å²) in [6.45, 7) is 0. The number of phenolic OH excluding ortho intramolecular Hbond substituents is 1. The number of piperidine rings is 2. The van der Waals surface area contributed by atoms with Gasteiger partial charge < -0.3 is 10.4 Å². The van der Waals surface area contributed by atoms with Gasteiger partial charge in [0, 0.05) is 47.7 Å². The van der Waals surface area contributed by atoms with Crippen LogP contribution in [0.1, 0.15) is 43.7 Å². The lowest BCUT2D eigenvalue weighted by Crippen LogP contribution is -2.48. The van der Waals surface area contributed by atoms with Gasteiger partial charge >= 0.3 is 0 Å². The Morgan fingerprint density at radius 3 is 2.57 bits per heavy atom. The van der Waals surface area contributed by atoms with Gasteiger partial charge in [0.05, 0.1) is 23.8 Å². The van der Waals surface area contributed by atoms with E-state index in [4.69, 9.17) is 9.97 Å². The van der Waals surface area contributed by atoms with Crippen LogP contribution in [0, 0.1) is 0 Å². The van der Waals surface area contributed by atoms with Crippen LogP contribution in [0.4, 0.5) is 0 Å². The topological polar surface area (TPSA) is 93.2 Å². The molecular weight excluding hydrogens is 378 g/mol. The average Bonchev–Trinajstić information content (AvgIpc) is 3.43. The molecule has 2 saturated heterocycles. The largest absolute Gasteiger partial charge is 0.507 e. The van der Waals surface area contributed by atoms with Crippen molar-refractivity contribution in [3.05, 3.63) is 54.7 Å². The van der Waals surface area contributed by atoms with Crippen molar-refractivity contribution < 1.29 is 5.11 Å². The molecule has 2 bridgehead atoms. The Kier molecular flexibility index (Phi) is 4.05. The number of fused-ring (bicyclic) bond motifs is 3. The highest BCUT2D eigenvalue weighted by molar-refractivity contribution is 5.69. The van der Waals surface area contributed by atoms with Crippen molar-refractivity contribution >= 4 is 5.78 Å². The molecule has 4 aromatic rings. The minimum atomic E-state index is 0.139. The molecular formula is C22H23N7O. The van der Waals surface area contributed by atoms with E-state index in [1.54, 1.807) is 18.5 Å². The third kappa shape index (κ3) is 3.04. The summed E-state index contributed by atoms with van der Waals surface area (Å²) in [6.07, 6.45) is 13.3. The molecule has 0 saturated carbocycles. The van der Waals surface area contributed by atoms with Gasteiger partial charge in [-0.25, -0.2) is 9.97 Å². The lowest BCUT2D eigenvalue weighted by atomic mass is 9.79. The number of nitrogens with one attached hydrogen (secondary N) is 1. The third-order valence-electron chi connectivity index (χ3n) is 6.39. The van der Waals surface area contributed by atoms with E-state index in [2.05, 4.69) is 21.6 Å². The molecule has 2 aliphatic heterocycles. The molecule has 6 rings (SSSR count). The van der Waals surface area contributed by atoms with E-state index in [9.17, 15) is 5.11 Å². The second-order valence-corrected chi connectivity index (χ2v) is 8.37. The minimum absolute atomic E-state index is 0.139. The molecule has 0 aliphatic carbocycles. The predicted octanol–water partition coefficient (Wildman–Crippen LogP) is 3.07. The Morgan fingerprint density at radius 1 is 1.00 bits per heavy atom. The van der Waals surface area contributed by atoms with Crippen molar-refractivity contribution in [1.29, 1.82) is 0 Å². The number of aromatic hydroxyl groups is 1. The zero-order chi connectivity index (χ0) is 20.1. The quantitative estimate of drug-likeness (QED) is 0.548. The van der Waals surface area contributed by atoms with Crippen molar-refractivity contribution in [2.45, 2.75) is 50.1 Å². The Hall–Kier alpha value is -3.26. The van der Waals surface area contributed by atoms with Gasteiger partial charge in [-0.3, -0.25) is 4.40 Å². The summed E-state index contributed by atoms with van der Waals surface area (Å²) < 4.78 is 1.92. The van der Waals surface area contributed by atoms with E-state index in [-0.39, 0.29) is 5.75 Å². The highest BCUT2D eigenvalue weighted by Gasteiger charge is 2.32. The number of nitrogens with zero attached hydrogens (tertiary/aromatic N) is 6. The van der Waals surface area contributed by atoms with Crippen LogP contribution in [0.5, 0.6) is 5.75 Å². The van der Waals surface area contributed by atoms with Gasteiger partial charge in [0.25, 0.3) is 0 Å². The first-order chi connectivity index (χ1) is 14.7. The summed E-state index contributed by atoms with van der Waals surface area (Å²) in [5.74, 6) is 1.30. The van der Waals surface area contributed by atoms with Crippen molar-refractivity contribution in [2.75, 3.05) is 0 Å². The van der Waals surface area contributed by atoms with Crippen LogP contribution >= 0.6 is 0 Å². The molecule has 2 fully saturated rings. The molecule has 2 atom stereocenters. The number of hydrogen-bond donors (Lipinski definition) is 2. The van der Waals surface area contributed by atoms with Gasteiger partial charge in [-0.05, 0) is 43.9 Å². The van der Waals surface area contributed by atoms with E-state index < -0.39 is 0 Å². The second kappa shape index (κ2) is 6.91. The fraction of sp³-hybridized carbons (Fsp3) is 0.364. The summed E-state index contributed by atoms with van der Waals surface area (Å²) in [7, 11) is 0. The first kappa shape index (κ1) is 17.6. The van der Waals surface area contributed by atoms with Crippen LogP contribution in [0.3, 0.4) is 0 Å². The van der Waals surface area contributed by atoms with Crippen molar-refractivity contribution in [2.24, 2.45) is 0 Å². The molecule has 8 nitrogen and oxygen atoms in total. The number of aromatic nitrogens is 6. The molecule has 2 aliphatic rings. The summed E-state index contributed by atoms with van der Waals surface area (Å²) in [4.78, 5) is 11.0. The smallest absolute Gasteiger partial charge is 0.234 e. The fourth-order valence-electron chi connectivity index (χ4n) is 4.96. The molecule has 0 amide bonds. The number of imidazole rings is 1. The van der Waals surface area contributed by atoms with Crippen LogP contribution in [0.25, 0.3) is 22.7 Å². The van der Waals surface area contributed by atoms with Gasteiger partial charge in [-0.15, -0.1) is 0 Å². The summed E-state index contributed by atoms with van der Waals surface area (Å²) in [5.41, 5.74) is 3.18. The molecule has 1 aromatic carbocycles. The van der Waals surface area contributed by atoms with Crippen LogP contribution in [0.15, 0.2) is 49.1 Å². The highest BCUT2D eigenvalue weighted by Crippen LogP contribution is 2.36. The zero-order valence-corrected chi connectivity index (χ0v) is 16.5. The Morgan fingerprint density at radius 2 is 1.80 bits per heavy atom. The second-order valence-electron chi connectivity index (χ2n) is 8.37. The van der Waals surface area contributed by atoms with Gasteiger partial charge in [0.2, 0.25) is 5.78 Å². The highest BCUT2D eigenvalue weighted by atomic mass is 16.3. The SMILES string of the molecule is Oc1cc(-n2nccn2)ccc1-c1cn2ccc(C3CC4CCCC(C3)N4)nc2n1. The Bertz CT molecular complexity index is 1190. The van der Waals surface area contributed by atoms with E-state index in [0.717, 1.165) is 18.5 Å². The normalized spacial score (nSPS) is 23.7. The fourth-order valence-corrected chi connectivity index (χ4v) is 4.96. The zero-order valence-electron chi connectivity index (χ0n) is 16.5. The number of hydrogen-bond acceptors (Lipinski definition) is 6. The number of benzene rings is 1. The molecule has 152 valence electrons. The van der Waals surface area contributed by atoms with E-state index in [1.807, 2.05) is 28.9 Å². The van der Waals surface area contributed by atoms with Crippen LogP contribution in [-0.2, 0) is 0 Å². The third-order valence-corrected chi connectivity index (χ3v) is 6.39. The average molecular weight is 401 g/mol. The van der Waals surface area contributed by atoms with Crippen LogP contribution < -0.4 is 5.32 Å². The van der Waals surface area contributed by atoms with Crippen molar-refractivity contribution in [3.8, 4) is 22.7 Å². The molecule has 2 N–H and O–H groups in total. The molecule has 2 unspecified atom stereocenters. The molecule has 8 heteroatoms.